The van der Waals surface area contributed by atoms with Gasteiger partial charge in [-0.1, -0.05) is 6.07 Å². The number of nitrogens with one attached hydrogen (secondary N) is 1. The van der Waals surface area contributed by atoms with Crippen molar-refractivity contribution in [2.24, 2.45) is 0 Å². The molecule has 1 unspecified atom stereocenters. The van der Waals surface area contributed by atoms with E-state index in [4.69, 9.17) is 9.47 Å². The van der Waals surface area contributed by atoms with Crippen LogP contribution in [0.3, 0.4) is 0 Å². The van der Waals surface area contributed by atoms with E-state index in [0.717, 1.165) is 11.3 Å². The summed E-state index contributed by atoms with van der Waals surface area (Å²) in [5.41, 5.74) is 2.62. The van der Waals surface area contributed by atoms with Gasteiger partial charge in [-0.2, -0.15) is 0 Å². The Bertz CT molecular complexity index is 463. The zero-order valence-corrected chi connectivity index (χ0v) is 13.6. The van der Waals surface area contributed by atoms with Gasteiger partial charge in [0, 0.05) is 33.5 Å². The van der Waals surface area contributed by atoms with Gasteiger partial charge in [-0.15, -0.1) is 0 Å². The van der Waals surface area contributed by atoms with Gasteiger partial charge in [0.2, 0.25) is 0 Å². The SMILES string of the molecule is CNc1cc(C)ccc1C(=O)N(CCOC)C(C)COC. The van der Waals surface area contributed by atoms with Crippen LogP contribution in [-0.4, -0.2) is 57.9 Å². The van der Waals surface area contributed by atoms with Gasteiger partial charge < -0.3 is 19.7 Å². The summed E-state index contributed by atoms with van der Waals surface area (Å²) in [5.74, 6) is -0.0130. The van der Waals surface area contributed by atoms with E-state index in [2.05, 4.69) is 5.32 Å². The van der Waals surface area contributed by atoms with Crippen LogP contribution in [-0.2, 0) is 9.47 Å². The minimum Gasteiger partial charge on any atom is -0.387 e. The average molecular weight is 294 g/mol. The molecule has 1 rings (SSSR count). The molecule has 0 fully saturated rings. The minimum atomic E-state index is -0.0130. The number of rotatable bonds is 8. The highest BCUT2D eigenvalue weighted by atomic mass is 16.5. The molecule has 0 heterocycles. The lowest BCUT2D eigenvalue weighted by Gasteiger charge is -2.29. The summed E-state index contributed by atoms with van der Waals surface area (Å²) in [6.45, 7) is 5.52. The predicted molar refractivity (Wildman–Crippen MR) is 85.0 cm³/mol. The molecule has 21 heavy (non-hydrogen) atoms. The number of benzene rings is 1. The maximum atomic E-state index is 12.8. The molecule has 1 aromatic rings. The average Bonchev–Trinajstić information content (AvgIpc) is 2.47. The first-order valence-corrected chi connectivity index (χ1v) is 7.12. The normalized spacial score (nSPS) is 12.0. The zero-order chi connectivity index (χ0) is 15.8. The van der Waals surface area contributed by atoms with Crippen molar-refractivity contribution in [3.63, 3.8) is 0 Å². The summed E-state index contributed by atoms with van der Waals surface area (Å²) in [5, 5.41) is 3.09. The first kappa shape index (κ1) is 17.5. The number of hydrogen-bond donors (Lipinski definition) is 1. The van der Waals surface area contributed by atoms with Crippen molar-refractivity contribution in [3.8, 4) is 0 Å². The van der Waals surface area contributed by atoms with Gasteiger partial charge in [-0.25, -0.2) is 0 Å². The number of hydrogen-bond acceptors (Lipinski definition) is 4. The maximum absolute atomic E-state index is 12.8. The maximum Gasteiger partial charge on any atom is 0.256 e. The van der Waals surface area contributed by atoms with Crippen LogP contribution in [0.15, 0.2) is 18.2 Å². The molecule has 0 bridgehead atoms. The van der Waals surface area contributed by atoms with E-state index in [1.165, 1.54) is 0 Å². The lowest BCUT2D eigenvalue weighted by atomic mass is 10.1. The Morgan fingerprint density at radius 3 is 2.62 bits per heavy atom. The molecule has 0 aromatic heterocycles. The van der Waals surface area contributed by atoms with Gasteiger partial charge in [0.1, 0.15) is 0 Å². The van der Waals surface area contributed by atoms with Crippen molar-refractivity contribution in [3.05, 3.63) is 29.3 Å². The standard InChI is InChI=1S/C16H26N2O3/c1-12-6-7-14(15(10-12)17-3)16(19)18(8-9-20-4)13(2)11-21-5/h6-7,10,13,17H,8-9,11H2,1-5H3. The van der Waals surface area contributed by atoms with Gasteiger partial charge in [-0.3, -0.25) is 4.79 Å². The van der Waals surface area contributed by atoms with E-state index in [9.17, 15) is 4.79 Å². The summed E-state index contributed by atoms with van der Waals surface area (Å²) in [4.78, 5) is 14.6. The van der Waals surface area contributed by atoms with Gasteiger partial charge in [0.25, 0.3) is 5.91 Å². The van der Waals surface area contributed by atoms with Crippen LogP contribution < -0.4 is 5.32 Å². The number of anilines is 1. The molecule has 0 saturated heterocycles. The van der Waals surface area contributed by atoms with Crippen molar-refractivity contribution < 1.29 is 14.3 Å². The third kappa shape index (κ3) is 4.72. The number of nitrogens with zero attached hydrogens (tertiary/aromatic N) is 1. The smallest absolute Gasteiger partial charge is 0.256 e. The third-order valence-electron chi connectivity index (χ3n) is 3.41. The zero-order valence-electron chi connectivity index (χ0n) is 13.6. The monoisotopic (exact) mass is 294 g/mol. The van der Waals surface area contributed by atoms with Crippen LogP contribution in [0, 0.1) is 6.92 Å². The van der Waals surface area contributed by atoms with Gasteiger partial charge in [0.15, 0.2) is 0 Å². The van der Waals surface area contributed by atoms with Crippen molar-refractivity contribution in [2.75, 3.05) is 46.3 Å². The Kier molecular flexibility index (Phi) is 7.19. The summed E-state index contributed by atoms with van der Waals surface area (Å²) >= 11 is 0. The van der Waals surface area contributed by atoms with Gasteiger partial charge >= 0.3 is 0 Å². The molecule has 1 aromatic carbocycles. The number of carbonyl (C=O) groups excluding carboxylic acids is 1. The van der Waals surface area contributed by atoms with Crippen molar-refractivity contribution >= 4 is 11.6 Å². The molecule has 0 saturated carbocycles. The number of aryl methyl sites for hydroxylation is 1. The molecule has 0 aliphatic heterocycles. The van der Waals surface area contributed by atoms with E-state index in [-0.39, 0.29) is 11.9 Å². The van der Waals surface area contributed by atoms with E-state index in [0.29, 0.717) is 25.3 Å². The quantitative estimate of drug-likeness (QED) is 0.798. The van der Waals surface area contributed by atoms with E-state index >= 15 is 0 Å². The highest BCUT2D eigenvalue weighted by Crippen LogP contribution is 2.20. The summed E-state index contributed by atoms with van der Waals surface area (Å²) < 4.78 is 10.3. The molecule has 0 aliphatic rings. The van der Waals surface area contributed by atoms with E-state index < -0.39 is 0 Å². The second-order valence-electron chi connectivity index (χ2n) is 5.09. The molecule has 1 N–H and O–H groups in total. The number of amides is 1. The van der Waals surface area contributed by atoms with E-state index in [1.807, 2.05) is 39.1 Å². The van der Waals surface area contributed by atoms with Crippen LogP contribution in [0.25, 0.3) is 0 Å². The van der Waals surface area contributed by atoms with Crippen molar-refractivity contribution in [1.82, 2.24) is 4.90 Å². The molecular weight excluding hydrogens is 268 g/mol. The largest absolute Gasteiger partial charge is 0.387 e. The highest BCUT2D eigenvalue weighted by Gasteiger charge is 2.23. The Morgan fingerprint density at radius 1 is 1.33 bits per heavy atom. The van der Waals surface area contributed by atoms with Crippen molar-refractivity contribution in [2.45, 2.75) is 19.9 Å². The summed E-state index contributed by atoms with van der Waals surface area (Å²) in [6.07, 6.45) is 0. The molecule has 1 amide bonds. The Labute approximate surface area is 127 Å². The number of ether oxygens (including phenoxy) is 2. The van der Waals surface area contributed by atoms with Crippen LogP contribution >= 0.6 is 0 Å². The van der Waals surface area contributed by atoms with Crippen LogP contribution in [0.5, 0.6) is 0 Å². The highest BCUT2D eigenvalue weighted by molar-refractivity contribution is 5.99. The topological polar surface area (TPSA) is 50.8 Å². The molecule has 0 spiro atoms. The first-order chi connectivity index (χ1) is 10.0. The second-order valence-corrected chi connectivity index (χ2v) is 5.09. The summed E-state index contributed by atoms with van der Waals surface area (Å²) in [6, 6.07) is 5.78. The fourth-order valence-corrected chi connectivity index (χ4v) is 2.25. The predicted octanol–water partition coefficient (Wildman–Crippen LogP) is 2.16. The molecule has 1 atom stereocenters. The molecule has 5 heteroatoms. The Morgan fingerprint density at radius 2 is 2.05 bits per heavy atom. The minimum absolute atomic E-state index is 0.0105. The molecule has 0 radical (unpaired) electrons. The Hall–Kier alpha value is -1.59. The van der Waals surface area contributed by atoms with E-state index in [1.54, 1.807) is 19.1 Å². The van der Waals surface area contributed by atoms with Gasteiger partial charge in [0.05, 0.1) is 24.8 Å². The third-order valence-corrected chi connectivity index (χ3v) is 3.41. The molecular formula is C16H26N2O3. The molecule has 118 valence electrons. The fourth-order valence-electron chi connectivity index (χ4n) is 2.25. The van der Waals surface area contributed by atoms with Crippen molar-refractivity contribution in [1.29, 1.82) is 0 Å². The lowest BCUT2D eigenvalue weighted by Crippen LogP contribution is -2.43. The first-order valence-electron chi connectivity index (χ1n) is 7.12. The van der Waals surface area contributed by atoms with Crippen LogP contribution in [0.1, 0.15) is 22.8 Å². The molecule has 0 aliphatic carbocycles. The number of carbonyl (C=O) groups is 1. The molecule has 5 nitrogen and oxygen atoms in total. The lowest BCUT2D eigenvalue weighted by molar-refractivity contribution is 0.0480. The number of methoxy groups -OCH3 is 2. The summed E-state index contributed by atoms with van der Waals surface area (Å²) in [7, 11) is 5.10. The van der Waals surface area contributed by atoms with Crippen LogP contribution in [0.4, 0.5) is 5.69 Å². The van der Waals surface area contributed by atoms with Crippen LogP contribution in [0.2, 0.25) is 0 Å². The Balaban J connectivity index is 3.03. The van der Waals surface area contributed by atoms with Gasteiger partial charge in [-0.05, 0) is 31.5 Å². The second kappa shape index (κ2) is 8.64. The fraction of sp³-hybridized carbons (Fsp3) is 0.562.